The van der Waals surface area contributed by atoms with E-state index in [0.29, 0.717) is 12.8 Å². The van der Waals surface area contributed by atoms with E-state index in [-0.39, 0.29) is 0 Å². The number of hydrogen-bond acceptors (Lipinski definition) is 3. The van der Waals surface area contributed by atoms with Gasteiger partial charge in [0.2, 0.25) is 0 Å². The molecule has 0 saturated heterocycles. The van der Waals surface area contributed by atoms with Crippen LogP contribution >= 0.6 is 0 Å². The van der Waals surface area contributed by atoms with Gasteiger partial charge in [0.25, 0.3) is 10.1 Å². The molecule has 0 amide bonds. The van der Waals surface area contributed by atoms with Crippen LogP contribution in [0.25, 0.3) is 11.0 Å². The van der Waals surface area contributed by atoms with Crippen molar-refractivity contribution in [3.8, 4) is 0 Å². The van der Waals surface area contributed by atoms with Crippen molar-refractivity contribution in [3.05, 3.63) is 30.1 Å². The Hall–Kier alpha value is -1.40. The Bertz CT molecular complexity index is 585. The summed E-state index contributed by atoms with van der Waals surface area (Å²) in [5.41, 5.74) is 1.80. The number of H-pyrrole nitrogens is 1. The van der Waals surface area contributed by atoms with E-state index in [4.69, 9.17) is 4.55 Å². The van der Waals surface area contributed by atoms with Gasteiger partial charge >= 0.3 is 0 Å². The predicted octanol–water partition coefficient (Wildman–Crippen LogP) is 1.77. The number of benzene rings is 1. The Balaban J connectivity index is 2.09. The van der Waals surface area contributed by atoms with Crippen LogP contribution in [0.2, 0.25) is 0 Å². The van der Waals surface area contributed by atoms with E-state index >= 15 is 0 Å². The summed E-state index contributed by atoms with van der Waals surface area (Å²) >= 11 is 0. The number of rotatable bonds is 4. The van der Waals surface area contributed by atoms with Crippen molar-refractivity contribution >= 4 is 21.2 Å². The zero-order valence-corrected chi connectivity index (χ0v) is 10.2. The maximum Gasteiger partial charge on any atom is 0.267 e. The first-order valence-electron chi connectivity index (χ1n) is 5.37. The number of hydrogen-bond donors (Lipinski definition) is 2. The maximum absolute atomic E-state index is 10.8. The molecule has 2 rings (SSSR count). The number of para-hydroxylation sites is 2. The number of fused-ring (bicyclic) bond motifs is 1. The Morgan fingerprint density at radius 1 is 1.41 bits per heavy atom. The number of nitrogens with zero attached hydrogens (tertiary/aromatic N) is 1. The minimum absolute atomic E-state index is 0.346. The largest absolute Gasteiger partial charge is 0.342 e. The van der Waals surface area contributed by atoms with Gasteiger partial charge in [-0.3, -0.25) is 4.55 Å². The van der Waals surface area contributed by atoms with E-state index in [0.717, 1.165) is 16.9 Å². The number of aryl methyl sites for hydroxylation is 1. The summed E-state index contributed by atoms with van der Waals surface area (Å²) < 4.78 is 30.5. The third kappa shape index (κ3) is 2.83. The molecule has 92 valence electrons. The van der Waals surface area contributed by atoms with Gasteiger partial charge in [0, 0.05) is 6.42 Å². The molecule has 0 aliphatic rings. The van der Waals surface area contributed by atoms with Gasteiger partial charge in [-0.25, -0.2) is 4.98 Å². The van der Waals surface area contributed by atoms with Crippen molar-refractivity contribution in [3.63, 3.8) is 0 Å². The maximum atomic E-state index is 10.8. The Morgan fingerprint density at radius 2 is 2.12 bits per heavy atom. The lowest BCUT2D eigenvalue weighted by Crippen LogP contribution is -2.17. The first-order valence-corrected chi connectivity index (χ1v) is 6.87. The van der Waals surface area contributed by atoms with Crippen LogP contribution in [0.4, 0.5) is 0 Å². The zero-order chi connectivity index (χ0) is 12.5. The third-order valence-electron chi connectivity index (χ3n) is 2.73. The molecule has 2 aromatic rings. The Kier molecular flexibility index (Phi) is 3.17. The summed E-state index contributed by atoms with van der Waals surface area (Å²) in [6, 6.07) is 7.61. The average molecular weight is 254 g/mol. The number of imidazole rings is 1. The lowest BCUT2D eigenvalue weighted by Gasteiger charge is -2.05. The number of nitrogens with one attached hydrogen (secondary N) is 1. The monoisotopic (exact) mass is 254 g/mol. The normalized spacial score (nSPS) is 14.0. The lowest BCUT2D eigenvalue weighted by molar-refractivity contribution is 0.466. The summed E-state index contributed by atoms with van der Waals surface area (Å²) in [5.74, 6) is 0.738. The van der Waals surface area contributed by atoms with E-state index in [1.54, 1.807) is 0 Å². The average Bonchev–Trinajstić information content (AvgIpc) is 2.66. The van der Waals surface area contributed by atoms with E-state index in [1.165, 1.54) is 6.92 Å². The van der Waals surface area contributed by atoms with Crippen molar-refractivity contribution < 1.29 is 13.0 Å². The van der Waals surface area contributed by atoms with Gasteiger partial charge in [0.05, 0.1) is 16.3 Å². The summed E-state index contributed by atoms with van der Waals surface area (Å²) in [4.78, 5) is 7.45. The van der Waals surface area contributed by atoms with E-state index < -0.39 is 15.4 Å². The second-order valence-corrected chi connectivity index (χ2v) is 5.90. The highest BCUT2D eigenvalue weighted by molar-refractivity contribution is 7.86. The molecule has 17 heavy (non-hydrogen) atoms. The zero-order valence-electron chi connectivity index (χ0n) is 9.42. The molecular formula is C11H14N2O3S. The first-order chi connectivity index (χ1) is 7.97. The quantitative estimate of drug-likeness (QED) is 0.814. The highest BCUT2D eigenvalue weighted by Crippen LogP contribution is 2.13. The van der Waals surface area contributed by atoms with Gasteiger partial charge in [-0.15, -0.1) is 0 Å². The van der Waals surface area contributed by atoms with Crippen LogP contribution in [0.15, 0.2) is 24.3 Å². The lowest BCUT2D eigenvalue weighted by atomic mass is 10.2. The molecule has 1 unspecified atom stereocenters. The van der Waals surface area contributed by atoms with Crippen molar-refractivity contribution in [1.82, 2.24) is 9.97 Å². The minimum atomic E-state index is -3.94. The molecule has 1 aromatic carbocycles. The highest BCUT2D eigenvalue weighted by Gasteiger charge is 2.17. The molecule has 0 radical (unpaired) electrons. The van der Waals surface area contributed by atoms with Crippen LogP contribution in [0.3, 0.4) is 0 Å². The van der Waals surface area contributed by atoms with Crippen LogP contribution in [0.1, 0.15) is 19.2 Å². The molecule has 1 aromatic heterocycles. The molecule has 0 spiro atoms. The number of aromatic amines is 1. The summed E-state index contributed by atoms with van der Waals surface area (Å²) in [6.07, 6.45) is 0.842. The number of aromatic nitrogens is 2. The topological polar surface area (TPSA) is 83.0 Å². The molecule has 1 atom stereocenters. The molecule has 0 aliphatic heterocycles. The first kappa shape index (κ1) is 12.1. The van der Waals surface area contributed by atoms with E-state index in [2.05, 4.69) is 9.97 Å². The van der Waals surface area contributed by atoms with Crippen LogP contribution in [-0.4, -0.2) is 28.2 Å². The SMILES string of the molecule is CC(CCc1nc2ccccc2[nH]1)S(=O)(=O)O. The van der Waals surface area contributed by atoms with Gasteiger partial charge in [0.15, 0.2) is 0 Å². The third-order valence-corrected chi connectivity index (χ3v) is 3.99. The fraction of sp³-hybridized carbons (Fsp3) is 0.364. The summed E-state index contributed by atoms with van der Waals surface area (Å²) in [5, 5.41) is -0.768. The van der Waals surface area contributed by atoms with Crippen LogP contribution in [0, 0.1) is 0 Å². The second kappa shape index (κ2) is 4.46. The van der Waals surface area contributed by atoms with Gasteiger partial charge in [-0.1, -0.05) is 12.1 Å². The van der Waals surface area contributed by atoms with Crippen molar-refractivity contribution in [2.75, 3.05) is 0 Å². The second-order valence-electron chi connectivity index (χ2n) is 4.06. The smallest absolute Gasteiger partial charge is 0.267 e. The molecular weight excluding hydrogens is 240 g/mol. The molecule has 1 heterocycles. The van der Waals surface area contributed by atoms with Crippen LogP contribution in [-0.2, 0) is 16.5 Å². The predicted molar refractivity (Wildman–Crippen MR) is 65.4 cm³/mol. The molecule has 0 aliphatic carbocycles. The van der Waals surface area contributed by atoms with Crippen molar-refractivity contribution in [1.29, 1.82) is 0 Å². The van der Waals surface area contributed by atoms with Gasteiger partial charge in [-0.2, -0.15) is 8.42 Å². The highest BCUT2D eigenvalue weighted by atomic mass is 32.2. The molecule has 0 bridgehead atoms. The van der Waals surface area contributed by atoms with E-state index in [1.807, 2.05) is 24.3 Å². The van der Waals surface area contributed by atoms with Crippen molar-refractivity contribution in [2.24, 2.45) is 0 Å². The fourth-order valence-corrected chi connectivity index (χ4v) is 2.03. The molecule has 2 N–H and O–H groups in total. The molecule has 5 nitrogen and oxygen atoms in total. The summed E-state index contributed by atoms with van der Waals surface area (Å²) in [6.45, 7) is 1.48. The van der Waals surface area contributed by atoms with Gasteiger partial charge in [-0.05, 0) is 25.5 Å². The van der Waals surface area contributed by atoms with Crippen molar-refractivity contribution in [2.45, 2.75) is 25.0 Å². The Labute approximate surface area is 99.6 Å². The molecule has 6 heteroatoms. The fourth-order valence-electron chi connectivity index (χ4n) is 1.61. The summed E-state index contributed by atoms with van der Waals surface area (Å²) in [7, 11) is -3.94. The minimum Gasteiger partial charge on any atom is -0.342 e. The van der Waals surface area contributed by atoms with Crippen LogP contribution in [0.5, 0.6) is 0 Å². The van der Waals surface area contributed by atoms with Crippen LogP contribution < -0.4 is 0 Å². The van der Waals surface area contributed by atoms with Gasteiger partial charge in [0.1, 0.15) is 5.82 Å². The van der Waals surface area contributed by atoms with Gasteiger partial charge < -0.3 is 4.98 Å². The standard InChI is InChI=1S/C11H14N2O3S/c1-8(17(14,15)16)6-7-11-12-9-4-2-3-5-10(9)13-11/h2-5,8H,6-7H2,1H3,(H,12,13)(H,14,15,16). The molecule has 0 fully saturated rings. The molecule has 0 saturated carbocycles. The van der Waals surface area contributed by atoms with E-state index in [9.17, 15) is 8.42 Å². The Morgan fingerprint density at radius 3 is 2.76 bits per heavy atom.